The van der Waals surface area contributed by atoms with Gasteiger partial charge < -0.3 is 0 Å². The van der Waals surface area contributed by atoms with Crippen molar-refractivity contribution < 1.29 is 0 Å². The molecule has 0 fully saturated rings. The van der Waals surface area contributed by atoms with E-state index >= 15 is 0 Å². The number of rotatable bonds is 4. The van der Waals surface area contributed by atoms with Gasteiger partial charge in [0, 0.05) is 0 Å². The summed E-state index contributed by atoms with van der Waals surface area (Å²) in [5.74, 6) is 0. The Labute approximate surface area is 118 Å². The van der Waals surface area contributed by atoms with Crippen LogP contribution in [-0.2, 0) is 0 Å². The second kappa shape index (κ2) is 9.16. The molecule has 0 atom stereocenters. The Morgan fingerprint density at radius 1 is 1.05 bits per heavy atom. The fourth-order valence-corrected chi connectivity index (χ4v) is 1.63. The average Bonchev–Trinajstić information content (AvgIpc) is 2.40. The third-order valence-corrected chi connectivity index (χ3v) is 2.43. The molecule has 0 aliphatic rings. The molecule has 1 rings (SSSR count). The Morgan fingerprint density at radius 2 is 1.63 bits per heavy atom. The molecule has 0 N–H and O–H groups in total. The van der Waals surface area contributed by atoms with Crippen molar-refractivity contribution in [2.75, 3.05) is 0 Å². The fourth-order valence-electron chi connectivity index (χ4n) is 1.63. The summed E-state index contributed by atoms with van der Waals surface area (Å²) < 4.78 is 0. The van der Waals surface area contributed by atoms with Crippen LogP contribution in [0.1, 0.15) is 45.7 Å². The van der Waals surface area contributed by atoms with Crippen LogP contribution in [0.4, 0.5) is 0 Å². The van der Waals surface area contributed by atoms with Crippen molar-refractivity contribution in [1.82, 2.24) is 0 Å². The second-order valence-electron chi connectivity index (χ2n) is 4.44. The maximum absolute atomic E-state index is 3.98. The second-order valence-corrected chi connectivity index (χ2v) is 4.44. The lowest BCUT2D eigenvalue weighted by Gasteiger charge is -2.06. The normalized spacial score (nSPS) is 10.1. The third kappa shape index (κ3) is 6.05. The lowest BCUT2D eigenvalue weighted by molar-refractivity contribution is 1.39. The molecule has 1 aromatic carbocycles. The van der Waals surface area contributed by atoms with Gasteiger partial charge in [-0.1, -0.05) is 74.6 Å². The summed E-state index contributed by atoms with van der Waals surface area (Å²) in [6, 6.07) is 8.42. The van der Waals surface area contributed by atoms with E-state index in [-0.39, 0.29) is 0 Å². The van der Waals surface area contributed by atoms with Crippen LogP contribution in [0.5, 0.6) is 0 Å². The zero-order chi connectivity index (χ0) is 14.8. The number of benzene rings is 1. The van der Waals surface area contributed by atoms with E-state index in [0.717, 1.165) is 5.57 Å². The zero-order valence-corrected chi connectivity index (χ0v) is 13.0. The van der Waals surface area contributed by atoms with E-state index in [1.54, 1.807) is 0 Å². The van der Waals surface area contributed by atoms with Crippen molar-refractivity contribution in [3.63, 3.8) is 0 Å². The third-order valence-electron chi connectivity index (χ3n) is 2.43. The molecule has 0 aliphatic carbocycles. The van der Waals surface area contributed by atoms with E-state index in [0.29, 0.717) is 0 Å². The molecule has 0 radical (unpaired) electrons. The Morgan fingerprint density at radius 3 is 2.11 bits per heavy atom. The maximum Gasteiger partial charge on any atom is -0.0178 e. The van der Waals surface area contributed by atoms with Gasteiger partial charge in [-0.05, 0) is 43.5 Å². The summed E-state index contributed by atoms with van der Waals surface area (Å²) in [4.78, 5) is 0. The molecule has 0 saturated carbocycles. The Kier molecular flexibility index (Phi) is 8.28. The summed E-state index contributed by atoms with van der Waals surface area (Å²) in [5.41, 5.74) is 5.93. The van der Waals surface area contributed by atoms with Crippen LogP contribution in [0.15, 0.2) is 61.2 Å². The van der Waals surface area contributed by atoms with E-state index in [9.17, 15) is 0 Å². The lowest BCUT2D eigenvalue weighted by atomic mass is 9.99. The zero-order valence-electron chi connectivity index (χ0n) is 13.0. The maximum atomic E-state index is 3.98. The number of hydrogen-bond donors (Lipinski definition) is 0. The van der Waals surface area contributed by atoms with Gasteiger partial charge in [0.2, 0.25) is 0 Å². The first-order chi connectivity index (χ1) is 9.04. The highest BCUT2D eigenvalue weighted by Gasteiger charge is 2.00. The highest BCUT2D eigenvalue weighted by atomic mass is 14.0. The van der Waals surface area contributed by atoms with Crippen molar-refractivity contribution in [3.8, 4) is 0 Å². The molecule has 0 aromatic heterocycles. The molecule has 0 aliphatic heterocycles. The molecule has 0 saturated heterocycles. The number of hydrogen-bond acceptors (Lipinski definition) is 0. The first-order valence-corrected chi connectivity index (χ1v) is 6.78. The summed E-state index contributed by atoms with van der Waals surface area (Å²) in [6.45, 7) is 18.0. The van der Waals surface area contributed by atoms with Gasteiger partial charge in [-0.25, -0.2) is 0 Å². The molecule has 0 nitrogen and oxygen atoms in total. The first-order valence-electron chi connectivity index (χ1n) is 6.78. The van der Waals surface area contributed by atoms with Crippen LogP contribution in [-0.4, -0.2) is 0 Å². The van der Waals surface area contributed by atoms with Crippen molar-refractivity contribution in [1.29, 1.82) is 0 Å². The molecule has 0 unspecified atom stereocenters. The highest BCUT2D eigenvalue weighted by Crippen LogP contribution is 2.21. The van der Waals surface area contributed by atoms with Gasteiger partial charge in [-0.2, -0.15) is 0 Å². The van der Waals surface area contributed by atoms with E-state index in [2.05, 4.69) is 57.3 Å². The van der Waals surface area contributed by atoms with E-state index in [1.165, 1.54) is 22.3 Å². The summed E-state index contributed by atoms with van der Waals surface area (Å²) in [5, 5.41) is 0. The average molecular weight is 254 g/mol. The predicted molar refractivity (Wildman–Crippen MR) is 90.1 cm³/mol. The van der Waals surface area contributed by atoms with E-state index in [1.807, 2.05) is 32.9 Å². The van der Waals surface area contributed by atoms with E-state index < -0.39 is 0 Å². The van der Waals surface area contributed by atoms with Crippen LogP contribution in [0.25, 0.3) is 11.1 Å². The molecule has 0 heterocycles. The standard InChI is InChI=1S/C17H20.C2H6/c1-6-8-16(11-13(2)3)17-10-7-9-15(12-17)14(4)5;1-2/h6-12H,1,4H2,2-3,5H3;1-2H3/b16-8+;. The van der Waals surface area contributed by atoms with Gasteiger partial charge in [0.25, 0.3) is 0 Å². The predicted octanol–water partition coefficient (Wildman–Crippen LogP) is 6.28. The van der Waals surface area contributed by atoms with E-state index in [4.69, 9.17) is 0 Å². The molecule has 19 heavy (non-hydrogen) atoms. The molecule has 0 amide bonds. The molecular weight excluding hydrogens is 228 g/mol. The van der Waals surface area contributed by atoms with Gasteiger partial charge in [-0.15, -0.1) is 0 Å². The number of allylic oxidation sites excluding steroid dienone is 6. The molecule has 0 bridgehead atoms. The summed E-state index contributed by atoms with van der Waals surface area (Å²) in [7, 11) is 0. The minimum atomic E-state index is 1.09. The Balaban J connectivity index is 0.00000154. The monoisotopic (exact) mass is 254 g/mol. The Hall–Kier alpha value is -1.82. The Bertz CT molecular complexity index is 481. The fraction of sp³-hybridized carbons (Fsp3) is 0.263. The minimum Gasteiger partial charge on any atom is -0.0990 e. The van der Waals surface area contributed by atoms with Gasteiger partial charge in [0.15, 0.2) is 0 Å². The van der Waals surface area contributed by atoms with Crippen LogP contribution >= 0.6 is 0 Å². The van der Waals surface area contributed by atoms with Crippen molar-refractivity contribution in [3.05, 3.63) is 72.4 Å². The minimum absolute atomic E-state index is 1.09. The van der Waals surface area contributed by atoms with Crippen LogP contribution in [0.3, 0.4) is 0 Å². The smallest absolute Gasteiger partial charge is 0.0178 e. The molecule has 1 aromatic rings. The van der Waals surface area contributed by atoms with Crippen LogP contribution in [0.2, 0.25) is 0 Å². The topological polar surface area (TPSA) is 0 Å². The molecule has 102 valence electrons. The van der Waals surface area contributed by atoms with Crippen molar-refractivity contribution in [2.45, 2.75) is 34.6 Å². The van der Waals surface area contributed by atoms with Gasteiger partial charge >= 0.3 is 0 Å². The van der Waals surface area contributed by atoms with Crippen molar-refractivity contribution >= 4 is 11.1 Å². The molecule has 0 heteroatoms. The van der Waals surface area contributed by atoms with Crippen LogP contribution < -0.4 is 0 Å². The first kappa shape index (κ1) is 17.2. The largest absolute Gasteiger partial charge is 0.0990 e. The van der Waals surface area contributed by atoms with Gasteiger partial charge in [0.05, 0.1) is 0 Å². The lowest BCUT2D eigenvalue weighted by Crippen LogP contribution is -1.85. The summed E-state index contributed by atoms with van der Waals surface area (Å²) in [6.07, 6.45) is 6.02. The van der Waals surface area contributed by atoms with Gasteiger partial charge in [-0.3, -0.25) is 0 Å². The molecular formula is C19H26. The summed E-state index contributed by atoms with van der Waals surface area (Å²) >= 11 is 0. The van der Waals surface area contributed by atoms with Crippen LogP contribution in [0, 0.1) is 0 Å². The SMILES string of the molecule is C=C/C=C(\C=C(C)C)c1cccc(C(=C)C)c1.CC. The molecule has 0 spiro atoms. The highest BCUT2D eigenvalue weighted by molar-refractivity contribution is 5.78. The van der Waals surface area contributed by atoms with Crippen molar-refractivity contribution in [2.24, 2.45) is 0 Å². The van der Waals surface area contributed by atoms with Gasteiger partial charge in [0.1, 0.15) is 0 Å². The quantitative estimate of drug-likeness (QED) is 0.554.